The summed E-state index contributed by atoms with van der Waals surface area (Å²) in [4.78, 5) is 12.2. The maximum absolute atomic E-state index is 11.9. The van der Waals surface area contributed by atoms with Gasteiger partial charge in [0.05, 0.1) is 10.9 Å². The molecule has 2 N–H and O–H groups in total. The summed E-state index contributed by atoms with van der Waals surface area (Å²) in [5, 5.41) is 6.03. The summed E-state index contributed by atoms with van der Waals surface area (Å²) in [5.74, 6) is 1.82. The fourth-order valence-electron chi connectivity index (χ4n) is 1.90. The zero-order chi connectivity index (χ0) is 14.6. The van der Waals surface area contributed by atoms with Crippen LogP contribution in [-0.2, 0) is 21.2 Å². The van der Waals surface area contributed by atoms with Gasteiger partial charge in [-0.2, -0.15) is 11.8 Å². The standard InChI is InChI=1S/C13H18N2O3S2/c1-20(17,18)11-4-2-10(3-5-11)8-15-13(16)12-9-19-7-6-14-12/h2-5,12,14H,6-9H2,1H3,(H,15,16). The number of thioether (sulfide) groups is 1. The van der Waals surface area contributed by atoms with Gasteiger partial charge in [0.15, 0.2) is 9.84 Å². The molecule has 2 rings (SSSR count). The van der Waals surface area contributed by atoms with Gasteiger partial charge in [0.25, 0.3) is 0 Å². The lowest BCUT2D eigenvalue weighted by atomic mass is 10.2. The number of rotatable bonds is 4. The average molecular weight is 314 g/mol. The van der Waals surface area contributed by atoms with E-state index in [1.165, 1.54) is 6.26 Å². The topological polar surface area (TPSA) is 75.3 Å². The van der Waals surface area contributed by atoms with Crippen molar-refractivity contribution in [2.45, 2.75) is 17.5 Å². The zero-order valence-electron chi connectivity index (χ0n) is 11.3. The summed E-state index contributed by atoms with van der Waals surface area (Å²) in [6.45, 7) is 1.26. The molecule has 1 heterocycles. The van der Waals surface area contributed by atoms with Gasteiger partial charge < -0.3 is 10.6 Å². The monoisotopic (exact) mass is 314 g/mol. The molecule has 5 nitrogen and oxygen atoms in total. The van der Waals surface area contributed by atoms with Gasteiger partial charge in [-0.25, -0.2) is 8.42 Å². The summed E-state index contributed by atoms with van der Waals surface area (Å²) in [7, 11) is -3.17. The van der Waals surface area contributed by atoms with E-state index in [-0.39, 0.29) is 16.8 Å². The highest BCUT2D eigenvalue weighted by Crippen LogP contribution is 2.11. The predicted molar refractivity (Wildman–Crippen MR) is 80.5 cm³/mol. The smallest absolute Gasteiger partial charge is 0.238 e. The molecule has 0 aromatic heterocycles. The van der Waals surface area contributed by atoms with E-state index in [9.17, 15) is 13.2 Å². The molecule has 0 aliphatic carbocycles. The van der Waals surface area contributed by atoms with Gasteiger partial charge in [0.1, 0.15) is 0 Å². The van der Waals surface area contributed by atoms with Crippen molar-refractivity contribution >= 4 is 27.5 Å². The Bertz CT molecular complexity index is 564. The Hall–Kier alpha value is -1.05. The van der Waals surface area contributed by atoms with E-state index in [0.717, 1.165) is 23.6 Å². The number of carbonyl (C=O) groups excluding carboxylic acids is 1. The van der Waals surface area contributed by atoms with Crippen molar-refractivity contribution in [3.05, 3.63) is 29.8 Å². The van der Waals surface area contributed by atoms with Gasteiger partial charge in [-0.1, -0.05) is 12.1 Å². The number of hydrogen-bond acceptors (Lipinski definition) is 5. The molecule has 1 aromatic rings. The van der Waals surface area contributed by atoms with Crippen LogP contribution in [0, 0.1) is 0 Å². The van der Waals surface area contributed by atoms with Crippen LogP contribution in [0.15, 0.2) is 29.2 Å². The van der Waals surface area contributed by atoms with Crippen LogP contribution in [0.25, 0.3) is 0 Å². The van der Waals surface area contributed by atoms with Crippen LogP contribution in [0.5, 0.6) is 0 Å². The number of carbonyl (C=O) groups is 1. The molecule has 1 amide bonds. The number of amides is 1. The Morgan fingerprint density at radius 3 is 2.65 bits per heavy atom. The van der Waals surface area contributed by atoms with Crippen LogP contribution >= 0.6 is 11.8 Å². The van der Waals surface area contributed by atoms with Crippen molar-refractivity contribution in [2.24, 2.45) is 0 Å². The van der Waals surface area contributed by atoms with E-state index < -0.39 is 9.84 Å². The molecule has 1 aliphatic rings. The minimum Gasteiger partial charge on any atom is -0.351 e. The SMILES string of the molecule is CS(=O)(=O)c1ccc(CNC(=O)C2CSCCN2)cc1. The van der Waals surface area contributed by atoms with Gasteiger partial charge in [0.2, 0.25) is 5.91 Å². The molecule has 0 saturated carbocycles. The lowest BCUT2D eigenvalue weighted by molar-refractivity contribution is -0.122. The molecule has 0 radical (unpaired) electrons. The van der Waals surface area contributed by atoms with Crippen LogP contribution in [0.4, 0.5) is 0 Å². The number of benzene rings is 1. The Morgan fingerprint density at radius 1 is 1.40 bits per heavy atom. The van der Waals surface area contributed by atoms with Crippen molar-refractivity contribution in [1.82, 2.24) is 10.6 Å². The second kappa shape index (κ2) is 6.60. The fourth-order valence-corrected chi connectivity index (χ4v) is 3.46. The molecule has 0 bridgehead atoms. The highest BCUT2D eigenvalue weighted by atomic mass is 32.2. The van der Waals surface area contributed by atoms with Crippen LogP contribution in [-0.4, -0.2) is 44.7 Å². The maximum Gasteiger partial charge on any atom is 0.238 e. The molecule has 7 heteroatoms. The summed E-state index contributed by atoms with van der Waals surface area (Å²) in [5.41, 5.74) is 0.884. The second-order valence-electron chi connectivity index (χ2n) is 4.72. The van der Waals surface area contributed by atoms with Crippen molar-refractivity contribution in [1.29, 1.82) is 0 Å². The molecule has 1 aromatic carbocycles. The normalized spacial score (nSPS) is 19.6. The van der Waals surface area contributed by atoms with Crippen molar-refractivity contribution < 1.29 is 13.2 Å². The first-order valence-corrected chi connectivity index (χ1v) is 9.39. The van der Waals surface area contributed by atoms with Gasteiger partial charge in [-0.05, 0) is 17.7 Å². The fraction of sp³-hybridized carbons (Fsp3) is 0.462. The van der Waals surface area contributed by atoms with Gasteiger partial charge in [-0.3, -0.25) is 4.79 Å². The number of nitrogens with one attached hydrogen (secondary N) is 2. The third kappa shape index (κ3) is 4.22. The van der Waals surface area contributed by atoms with Gasteiger partial charge in [0, 0.05) is 30.9 Å². The van der Waals surface area contributed by atoms with Gasteiger partial charge >= 0.3 is 0 Å². The van der Waals surface area contributed by atoms with Gasteiger partial charge in [-0.15, -0.1) is 0 Å². The Balaban J connectivity index is 1.89. The molecular weight excluding hydrogens is 296 g/mol. The van der Waals surface area contributed by atoms with E-state index in [0.29, 0.717) is 6.54 Å². The maximum atomic E-state index is 11.9. The number of hydrogen-bond donors (Lipinski definition) is 2. The van der Waals surface area contributed by atoms with Crippen molar-refractivity contribution in [3.63, 3.8) is 0 Å². The van der Waals surface area contributed by atoms with E-state index in [1.54, 1.807) is 36.0 Å². The molecule has 1 aliphatic heterocycles. The molecule has 1 fully saturated rings. The summed E-state index contributed by atoms with van der Waals surface area (Å²) in [6, 6.07) is 6.43. The van der Waals surface area contributed by atoms with Crippen LogP contribution in [0.1, 0.15) is 5.56 Å². The molecule has 1 unspecified atom stereocenters. The lowest BCUT2D eigenvalue weighted by Crippen LogP contribution is -2.48. The molecule has 1 atom stereocenters. The molecule has 20 heavy (non-hydrogen) atoms. The quantitative estimate of drug-likeness (QED) is 0.842. The minimum atomic E-state index is -3.17. The molecule has 110 valence electrons. The molecular formula is C13H18N2O3S2. The Labute approximate surface area is 123 Å². The zero-order valence-corrected chi connectivity index (χ0v) is 12.9. The van der Waals surface area contributed by atoms with E-state index in [4.69, 9.17) is 0 Å². The highest BCUT2D eigenvalue weighted by molar-refractivity contribution is 7.99. The third-order valence-electron chi connectivity index (χ3n) is 3.06. The first kappa shape index (κ1) is 15.3. The van der Waals surface area contributed by atoms with Crippen LogP contribution in [0.3, 0.4) is 0 Å². The predicted octanol–water partition coefficient (Wildman–Crippen LogP) is 0.411. The largest absolute Gasteiger partial charge is 0.351 e. The van der Waals surface area contributed by atoms with E-state index >= 15 is 0 Å². The third-order valence-corrected chi connectivity index (χ3v) is 5.25. The number of sulfone groups is 1. The van der Waals surface area contributed by atoms with Crippen molar-refractivity contribution in [3.8, 4) is 0 Å². The van der Waals surface area contributed by atoms with Crippen LogP contribution < -0.4 is 10.6 Å². The van der Waals surface area contributed by atoms with E-state index in [2.05, 4.69) is 10.6 Å². The summed E-state index contributed by atoms with van der Waals surface area (Å²) in [6.07, 6.45) is 1.18. The lowest BCUT2D eigenvalue weighted by Gasteiger charge is -2.22. The second-order valence-corrected chi connectivity index (χ2v) is 7.88. The highest BCUT2D eigenvalue weighted by Gasteiger charge is 2.20. The van der Waals surface area contributed by atoms with Crippen LogP contribution in [0.2, 0.25) is 0 Å². The van der Waals surface area contributed by atoms with E-state index in [1.807, 2.05) is 0 Å². The Kier molecular flexibility index (Phi) is 5.06. The minimum absolute atomic E-state index is 0.00982. The molecule has 1 saturated heterocycles. The first-order valence-electron chi connectivity index (χ1n) is 6.34. The van der Waals surface area contributed by atoms with Crippen molar-refractivity contribution in [2.75, 3.05) is 24.3 Å². The molecule has 0 spiro atoms. The Morgan fingerprint density at radius 2 is 2.10 bits per heavy atom. The average Bonchev–Trinajstić information content (AvgIpc) is 2.45. The first-order chi connectivity index (χ1) is 9.47. The summed E-state index contributed by atoms with van der Waals surface area (Å²) >= 11 is 1.77. The summed E-state index contributed by atoms with van der Waals surface area (Å²) < 4.78 is 22.7.